The SMILES string of the molecule is CCCN1CCO[C@@H]2Cc3c(ccc(OC(=O)C(F)(F)F)c3O)C[C@H]21. The lowest BCUT2D eigenvalue weighted by atomic mass is 9.83. The van der Waals surface area contributed by atoms with Crippen LogP contribution in [0.5, 0.6) is 11.5 Å². The van der Waals surface area contributed by atoms with Crippen LogP contribution in [0.1, 0.15) is 24.5 Å². The number of carbonyl (C=O) groups excluding carboxylic acids is 1. The lowest BCUT2D eigenvalue weighted by Gasteiger charge is -2.44. The average Bonchev–Trinajstić information content (AvgIpc) is 2.56. The van der Waals surface area contributed by atoms with Crippen molar-refractivity contribution >= 4 is 5.97 Å². The molecular formula is C17H20F3NO4. The van der Waals surface area contributed by atoms with Crippen molar-refractivity contribution in [1.82, 2.24) is 4.90 Å². The summed E-state index contributed by atoms with van der Waals surface area (Å²) in [6, 6.07) is 3.01. The zero-order valence-corrected chi connectivity index (χ0v) is 13.8. The summed E-state index contributed by atoms with van der Waals surface area (Å²) < 4.78 is 47.2. The summed E-state index contributed by atoms with van der Waals surface area (Å²) in [5, 5.41) is 10.3. The van der Waals surface area contributed by atoms with Crippen molar-refractivity contribution in [3.05, 3.63) is 23.3 Å². The van der Waals surface area contributed by atoms with Gasteiger partial charge in [0.1, 0.15) is 0 Å². The third-order valence-electron chi connectivity index (χ3n) is 4.73. The molecule has 1 aromatic rings. The molecule has 1 fully saturated rings. The first-order valence-electron chi connectivity index (χ1n) is 8.29. The van der Waals surface area contributed by atoms with E-state index in [0.29, 0.717) is 25.0 Å². The number of halogens is 3. The predicted molar refractivity (Wildman–Crippen MR) is 82.6 cm³/mol. The van der Waals surface area contributed by atoms with Gasteiger partial charge in [0, 0.05) is 24.6 Å². The maximum Gasteiger partial charge on any atom is 0.491 e. The minimum Gasteiger partial charge on any atom is -0.504 e. The number of aromatic hydroxyl groups is 1. The summed E-state index contributed by atoms with van der Waals surface area (Å²) in [7, 11) is 0. The number of fused-ring (bicyclic) bond motifs is 2. The molecule has 2 atom stereocenters. The van der Waals surface area contributed by atoms with Gasteiger partial charge < -0.3 is 14.6 Å². The van der Waals surface area contributed by atoms with Crippen LogP contribution in [0.2, 0.25) is 0 Å². The van der Waals surface area contributed by atoms with Gasteiger partial charge in [-0.1, -0.05) is 13.0 Å². The molecule has 138 valence electrons. The zero-order chi connectivity index (χ0) is 18.2. The van der Waals surface area contributed by atoms with Gasteiger partial charge in [-0.25, -0.2) is 4.79 Å². The topological polar surface area (TPSA) is 59.0 Å². The minimum atomic E-state index is -5.11. The van der Waals surface area contributed by atoms with E-state index in [4.69, 9.17) is 4.74 Å². The van der Waals surface area contributed by atoms with Crippen molar-refractivity contribution in [2.24, 2.45) is 0 Å². The van der Waals surface area contributed by atoms with Crippen LogP contribution in [0.15, 0.2) is 12.1 Å². The molecule has 0 unspecified atom stereocenters. The Labute approximate surface area is 143 Å². The van der Waals surface area contributed by atoms with Crippen LogP contribution in [-0.4, -0.2) is 54.0 Å². The Morgan fingerprint density at radius 2 is 2.16 bits per heavy atom. The number of ether oxygens (including phenoxy) is 2. The number of phenolic OH excluding ortho intramolecular Hbond substituents is 1. The number of nitrogens with zero attached hydrogens (tertiary/aromatic N) is 1. The smallest absolute Gasteiger partial charge is 0.491 e. The maximum atomic E-state index is 12.4. The first-order chi connectivity index (χ1) is 11.8. The van der Waals surface area contributed by atoms with E-state index in [1.165, 1.54) is 6.07 Å². The second-order valence-electron chi connectivity index (χ2n) is 6.36. The number of carbonyl (C=O) groups is 1. The van der Waals surface area contributed by atoms with Gasteiger partial charge in [0.25, 0.3) is 0 Å². The molecule has 2 aliphatic rings. The van der Waals surface area contributed by atoms with Gasteiger partial charge in [0.2, 0.25) is 0 Å². The Morgan fingerprint density at radius 3 is 2.84 bits per heavy atom. The summed E-state index contributed by atoms with van der Waals surface area (Å²) in [6.07, 6.45) is -3.20. The monoisotopic (exact) mass is 359 g/mol. The molecule has 25 heavy (non-hydrogen) atoms. The molecule has 1 N–H and O–H groups in total. The third kappa shape index (κ3) is 3.59. The highest BCUT2D eigenvalue weighted by Crippen LogP contribution is 2.39. The van der Waals surface area contributed by atoms with Gasteiger partial charge in [-0.2, -0.15) is 13.2 Å². The summed E-state index contributed by atoms with van der Waals surface area (Å²) in [4.78, 5) is 13.4. The van der Waals surface area contributed by atoms with Gasteiger partial charge in [-0.3, -0.25) is 4.90 Å². The van der Waals surface area contributed by atoms with Crippen molar-refractivity contribution in [3.8, 4) is 11.5 Å². The molecule has 0 saturated carbocycles. The fourth-order valence-electron chi connectivity index (χ4n) is 3.60. The summed E-state index contributed by atoms with van der Waals surface area (Å²) in [5.41, 5.74) is 1.34. The van der Waals surface area contributed by atoms with E-state index in [1.54, 1.807) is 6.07 Å². The first kappa shape index (κ1) is 18.0. The van der Waals surface area contributed by atoms with E-state index in [9.17, 15) is 23.1 Å². The average molecular weight is 359 g/mol. The summed E-state index contributed by atoms with van der Waals surface area (Å²) >= 11 is 0. The van der Waals surface area contributed by atoms with Crippen molar-refractivity contribution in [2.75, 3.05) is 19.7 Å². The Bertz CT molecular complexity index is 660. The number of hydrogen-bond acceptors (Lipinski definition) is 5. The molecule has 5 nitrogen and oxygen atoms in total. The highest BCUT2D eigenvalue weighted by molar-refractivity contribution is 5.79. The van der Waals surface area contributed by atoms with Crippen LogP contribution in [0, 0.1) is 0 Å². The minimum absolute atomic E-state index is 0.132. The highest BCUT2D eigenvalue weighted by atomic mass is 19.4. The van der Waals surface area contributed by atoms with Gasteiger partial charge in [0.05, 0.1) is 12.7 Å². The van der Waals surface area contributed by atoms with Crippen LogP contribution < -0.4 is 4.74 Å². The van der Waals surface area contributed by atoms with Crippen molar-refractivity contribution in [2.45, 2.75) is 44.5 Å². The van der Waals surface area contributed by atoms with E-state index in [0.717, 1.165) is 25.1 Å². The Kier molecular flexibility index (Phi) is 4.92. The molecule has 0 amide bonds. The van der Waals surface area contributed by atoms with Gasteiger partial charge in [-0.15, -0.1) is 0 Å². The quantitative estimate of drug-likeness (QED) is 0.664. The molecule has 3 rings (SSSR count). The number of morpholine rings is 1. The van der Waals surface area contributed by atoms with E-state index in [-0.39, 0.29) is 12.1 Å². The van der Waals surface area contributed by atoms with Gasteiger partial charge in [0.15, 0.2) is 11.5 Å². The van der Waals surface area contributed by atoms with Crippen LogP contribution in [0.4, 0.5) is 13.2 Å². The molecule has 0 radical (unpaired) electrons. The predicted octanol–water partition coefficient (Wildman–Crippen LogP) is 2.44. The molecule has 1 saturated heterocycles. The van der Waals surface area contributed by atoms with E-state index < -0.39 is 23.6 Å². The third-order valence-corrected chi connectivity index (χ3v) is 4.73. The molecule has 1 heterocycles. The molecule has 8 heteroatoms. The number of phenols is 1. The van der Waals surface area contributed by atoms with E-state index in [1.807, 2.05) is 0 Å². The van der Waals surface area contributed by atoms with E-state index in [2.05, 4.69) is 16.6 Å². The standard InChI is InChI=1S/C17H20F3NO4/c1-2-5-21-6-7-24-14-9-11-10(8-12(14)21)3-4-13(15(11)22)25-16(23)17(18,19)20/h3-4,12,14,22H,2,5-9H2,1H3/t12-,14-/m1/s1. The molecule has 1 aromatic carbocycles. The van der Waals surface area contributed by atoms with Crippen molar-refractivity contribution < 1.29 is 32.5 Å². The van der Waals surface area contributed by atoms with E-state index >= 15 is 0 Å². The second-order valence-corrected chi connectivity index (χ2v) is 6.36. The number of alkyl halides is 3. The molecule has 0 spiro atoms. The largest absolute Gasteiger partial charge is 0.504 e. The Balaban J connectivity index is 1.84. The van der Waals surface area contributed by atoms with Crippen LogP contribution in [0.3, 0.4) is 0 Å². The van der Waals surface area contributed by atoms with Crippen LogP contribution in [0.25, 0.3) is 0 Å². The summed E-state index contributed by atoms with van der Waals surface area (Å²) in [6.45, 7) is 4.49. The molecule has 1 aliphatic heterocycles. The first-order valence-corrected chi connectivity index (χ1v) is 8.29. The number of rotatable bonds is 3. The molecule has 0 bridgehead atoms. The van der Waals surface area contributed by atoms with Crippen molar-refractivity contribution in [3.63, 3.8) is 0 Å². The normalized spacial score (nSPS) is 23.7. The highest BCUT2D eigenvalue weighted by Gasteiger charge is 2.42. The second kappa shape index (κ2) is 6.84. The number of esters is 1. The van der Waals surface area contributed by atoms with Gasteiger partial charge >= 0.3 is 12.1 Å². The fourth-order valence-corrected chi connectivity index (χ4v) is 3.60. The number of benzene rings is 1. The zero-order valence-electron chi connectivity index (χ0n) is 13.8. The summed E-state index contributed by atoms with van der Waals surface area (Å²) in [5.74, 6) is -3.23. The van der Waals surface area contributed by atoms with Crippen molar-refractivity contribution in [1.29, 1.82) is 0 Å². The number of hydrogen-bond donors (Lipinski definition) is 1. The Hall–Kier alpha value is -1.80. The molecular weight excluding hydrogens is 339 g/mol. The van der Waals surface area contributed by atoms with Gasteiger partial charge in [-0.05, 0) is 31.0 Å². The van der Waals surface area contributed by atoms with Crippen LogP contribution in [-0.2, 0) is 22.4 Å². The molecule has 1 aliphatic carbocycles. The lowest BCUT2D eigenvalue weighted by Crippen LogP contribution is -2.55. The maximum absolute atomic E-state index is 12.4. The Morgan fingerprint density at radius 1 is 1.40 bits per heavy atom. The lowest BCUT2D eigenvalue weighted by molar-refractivity contribution is -0.189. The van der Waals surface area contributed by atoms with Crippen LogP contribution >= 0.6 is 0 Å². The fraction of sp³-hybridized carbons (Fsp3) is 0.588. The molecule has 0 aromatic heterocycles.